The molecule has 0 bridgehead atoms. The molecule has 0 aromatic carbocycles. The molecule has 6 heteroatoms. The third-order valence-corrected chi connectivity index (χ3v) is 2.49. The highest BCUT2D eigenvalue weighted by atomic mass is 32.1. The van der Waals surface area contributed by atoms with Crippen LogP contribution in [0.3, 0.4) is 0 Å². The van der Waals surface area contributed by atoms with Gasteiger partial charge in [-0.05, 0) is 25.1 Å². The third kappa shape index (κ3) is 5.31. The van der Waals surface area contributed by atoms with Crippen LogP contribution in [0.5, 0.6) is 0 Å². The second-order valence-electron chi connectivity index (χ2n) is 3.52. The van der Waals surface area contributed by atoms with Crippen LogP contribution in [0.2, 0.25) is 0 Å². The highest BCUT2D eigenvalue weighted by Crippen LogP contribution is 2.16. The molecule has 0 aromatic rings. The Bertz CT molecular complexity index is 262. The average molecular weight is 229 g/mol. The van der Waals surface area contributed by atoms with Gasteiger partial charge in [0.15, 0.2) is 5.11 Å². The van der Waals surface area contributed by atoms with E-state index in [1.165, 1.54) is 19.3 Å². The molecule has 5 nitrogen and oxygen atoms in total. The van der Waals surface area contributed by atoms with Gasteiger partial charge in [0.1, 0.15) is 6.21 Å². The lowest BCUT2D eigenvalue weighted by molar-refractivity contribution is -0.128. The zero-order valence-electron chi connectivity index (χ0n) is 8.40. The molecule has 0 atom stereocenters. The van der Waals surface area contributed by atoms with Crippen molar-refractivity contribution in [3.63, 3.8) is 0 Å². The van der Waals surface area contributed by atoms with Crippen molar-refractivity contribution >= 4 is 29.5 Å². The summed E-state index contributed by atoms with van der Waals surface area (Å²) in [7, 11) is 0. The van der Waals surface area contributed by atoms with Crippen LogP contribution in [0.4, 0.5) is 0 Å². The van der Waals surface area contributed by atoms with Crippen LogP contribution in [-0.4, -0.2) is 28.4 Å². The molecule has 0 amide bonds. The number of carbonyl (C=O) groups is 1. The van der Waals surface area contributed by atoms with Crippen LogP contribution in [0.15, 0.2) is 5.10 Å². The molecular weight excluding hydrogens is 214 g/mol. The first-order valence-corrected chi connectivity index (χ1v) is 5.42. The summed E-state index contributed by atoms with van der Waals surface area (Å²) in [5.41, 5.74) is 2.47. The Morgan fingerprint density at radius 1 is 1.40 bits per heavy atom. The molecule has 0 spiro atoms. The normalized spacial score (nSPS) is 17.6. The molecule has 84 valence electrons. The van der Waals surface area contributed by atoms with E-state index in [0.717, 1.165) is 19.1 Å². The SMILES string of the molecule is O=C(O)/C=N/NC(=S)NC1CCCCC1. The fourth-order valence-corrected chi connectivity index (χ4v) is 1.83. The quantitative estimate of drug-likeness (QED) is 0.380. The minimum atomic E-state index is -1.09. The second kappa shape index (κ2) is 6.34. The molecular formula is C9H15N3O2S. The van der Waals surface area contributed by atoms with Gasteiger partial charge in [0, 0.05) is 6.04 Å². The smallest absolute Gasteiger partial charge is 0.348 e. The number of nitrogens with one attached hydrogen (secondary N) is 2. The predicted octanol–water partition coefficient (Wildman–Crippen LogP) is 0.854. The standard InChI is InChI=1S/C9H15N3O2S/c13-8(14)6-10-12-9(15)11-7-4-2-1-3-5-7/h6-7H,1-5H2,(H,13,14)(H2,11,12,15)/b10-6+. The lowest BCUT2D eigenvalue weighted by Gasteiger charge is -2.23. The van der Waals surface area contributed by atoms with Crippen molar-refractivity contribution in [3.05, 3.63) is 0 Å². The van der Waals surface area contributed by atoms with Gasteiger partial charge >= 0.3 is 5.97 Å². The molecule has 0 radical (unpaired) electrons. The summed E-state index contributed by atoms with van der Waals surface area (Å²) in [6, 6.07) is 0.402. The first-order valence-electron chi connectivity index (χ1n) is 5.01. The summed E-state index contributed by atoms with van der Waals surface area (Å²) in [5.74, 6) is -1.09. The highest BCUT2D eigenvalue weighted by Gasteiger charge is 2.13. The maximum absolute atomic E-state index is 10.1. The Hall–Kier alpha value is -1.17. The van der Waals surface area contributed by atoms with E-state index in [2.05, 4.69) is 15.8 Å². The molecule has 1 aliphatic rings. The number of aliphatic carboxylic acids is 1. The first kappa shape index (κ1) is 11.9. The highest BCUT2D eigenvalue weighted by molar-refractivity contribution is 7.80. The number of thiocarbonyl (C=S) groups is 1. The lowest BCUT2D eigenvalue weighted by atomic mass is 9.96. The largest absolute Gasteiger partial charge is 0.477 e. The van der Waals surface area contributed by atoms with Gasteiger partial charge in [-0.1, -0.05) is 19.3 Å². The van der Waals surface area contributed by atoms with E-state index < -0.39 is 5.97 Å². The van der Waals surface area contributed by atoms with Crippen LogP contribution >= 0.6 is 12.2 Å². The molecule has 0 aliphatic heterocycles. The van der Waals surface area contributed by atoms with E-state index >= 15 is 0 Å². The van der Waals surface area contributed by atoms with Crippen LogP contribution < -0.4 is 10.7 Å². The van der Waals surface area contributed by atoms with Crippen LogP contribution in [-0.2, 0) is 4.79 Å². The van der Waals surface area contributed by atoms with Crippen LogP contribution in [0.1, 0.15) is 32.1 Å². The van der Waals surface area contributed by atoms with Gasteiger partial charge in [0.25, 0.3) is 0 Å². The third-order valence-electron chi connectivity index (χ3n) is 2.28. The van der Waals surface area contributed by atoms with Gasteiger partial charge in [0.05, 0.1) is 0 Å². The molecule has 0 heterocycles. The Morgan fingerprint density at radius 2 is 2.07 bits per heavy atom. The van der Waals surface area contributed by atoms with E-state index in [0.29, 0.717) is 11.2 Å². The van der Waals surface area contributed by atoms with E-state index in [-0.39, 0.29) is 0 Å². The van der Waals surface area contributed by atoms with E-state index in [1.807, 2.05) is 0 Å². The molecule has 1 aliphatic carbocycles. The number of rotatable bonds is 3. The van der Waals surface area contributed by atoms with Crippen LogP contribution in [0.25, 0.3) is 0 Å². The van der Waals surface area contributed by atoms with E-state index in [1.54, 1.807) is 0 Å². The molecule has 1 fully saturated rings. The number of hydrogen-bond acceptors (Lipinski definition) is 3. The minimum Gasteiger partial charge on any atom is -0.477 e. The van der Waals surface area contributed by atoms with Gasteiger partial charge < -0.3 is 10.4 Å². The predicted molar refractivity (Wildman–Crippen MR) is 61.9 cm³/mol. The second-order valence-corrected chi connectivity index (χ2v) is 3.92. The van der Waals surface area contributed by atoms with Gasteiger partial charge in [-0.25, -0.2) is 4.79 Å². The maximum atomic E-state index is 10.1. The van der Waals surface area contributed by atoms with Gasteiger partial charge in [-0.3, -0.25) is 5.43 Å². The Labute approximate surface area is 93.9 Å². The Kier molecular flexibility index (Phi) is 5.03. The summed E-state index contributed by atoms with van der Waals surface area (Å²) in [4.78, 5) is 10.1. The number of nitrogens with zero attached hydrogens (tertiary/aromatic N) is 1. The van der Waals surface area contributed by atoms with Gasteiger partial charge in [-0.2, -0.15) is 5.10 Å². The van der Waals surface area contributed by atoms with Gasteiger partial charge in [-0.15, -0.1) is 0 Å². The number of carboxylic acids is 1. The number of carboxylic acid groups (broad SMARTS) is 1. The number of hydrazone groups is 1. The summed E-state index contributed by atoms with van der Waals surface area (Å²) in [6.07, 6.45) is 6.73. The van der Waals surface area contributed by atoms with Crippen molar-refractivity contribution in [1.29, 1.82) is 0 Å². The summed E-state index contributed by atoms with van der Waals surface area (Å²) in [5, 5.41) is 15.2. The Balaban J connectivity index is 2.20. The molecule has 3 N–H and O–H groups in total. The fraction of sp³-hybridized carbons (Fsp3) is 0.667. The summed E-state index contributed by atoms with van der Waals surface area (Å²) >= 11 is 4.96. The summed E-state index contributed by atoms with van der Waals surface area (Å²) < 4.78 is 0. The average Bonchev–Trinajstić information content (AvgIpc) is 2.18. The van der Waals surface area contributed by atoms with Crippen molar-refractivity contribution < 1.29 is 9.90 Å². The van der Waals surface area contributed by atoms with E-state index in [9.17, 15) is 4.79 Å². The number of hydrogen-bond donors (Lipinski definition) is 3. The van der Waals surface area contributed by atoms with Crippen molar-refractivity contribution in [2.24, 2.45) is 5.10 Å². The van der Waals surface area contributed by atoms with Crippen LogP contribution in [0, 0.1) is 0 Å². The van der Waals surface area contributed by atoms with E-state index in [4.69, 9.17) is 17.3 Å². The zero-order chi connectivity index (χ0) is 11.1. The molecule has 15 heavy (non-hydrogen) atoms. The van der Waals surface area contributed by atoms with Crippen molar-refractivity contribution in [1.82, 2.24) is 10.7 Å². The van der Waals surface area contributed by atoms with Crippen molar-refractivity contribution in [3.8, 4) is 0 Å². The van der Waals surface area contributed by atoms with Crippen molar-refractivity contribution in [2.75, 3.05) is 0 Å². The fourth-order valence-electron chi connectivity index (χ4n) is 1.61. The first-order chi connectivity index (χ1) is 7.18. The zero-order valence-corrected chi connectivity index (χ0v) is 9.22. The molecule has 1 rings (SSSR count). The summed E-state index contributed by atoms with van der Waals surface area (Å²) in [6.45, 7) is 0. The van der Waals surface area contributed by atoms with Gasteiger partial charge in [0.2, 0.25) is 0 Å². The topological polar surface area (TPSA) is 73.7 Å². The molecule has 0 saturated heterocycles. The lowest BCUT2D eigenvalue weighted by Crippen LogP contribution is -2.41. The molecule has 1 saturated carbocycles. The molecule has 0 unspecified atom stereocenters. The maximum Gasteiger partial charge on any atom is 0.348 e. The van der Waals surface area contributed by atoms with Crippen molar-refractivity contribution in [2.45, 2.75) is 38.1 Å². The molecule has 0 aromatic heterocycles. The monoisotopic (exact) mass is 229 g/mol. The Morgan fingerprint density at radius 3 is 2.67 bits per heavy atom. The minimum absolute atomic E-state index is 0.388.